The molecule has 3 aliphatic rings. The molecule has 2 fully saturated rings. The van der Waals surface area contributed by atoms with E-state index in [0.717, 1.165) is 42.6 Å². The van der Waals surface area contributed by atoms with E-state index < -0.39 is 27.9 Å². The van der Waals surface area contributed by atoms with Crippen LogP contribution in [0.2, 0.25) is 5.02 Å². The minimum atomic E-state index is -4.18. The summed E-state index contributed by atoms with van der Waals surface area (Å²) in [5.74, 6) is 0.0274. The van der Waals surface area contributed by atoms with Crippen molar-refractivity contribution in [2.75, 3.05) is 57.0 Å². The van der Waals surface area contributed by atoms with Crippen molar-refractivity contribution in [3.05, 3.63) is 52.4 Å². The lowest BCUT2D eigenvalue weighted by molar-refractivity contribution is -0.133. The topological polar surface area (TPSA) is 136 Å². The standard InChI is InChI=1S/C30H42ClN5O6S/c1-20-17-26(37)28-27(20)29(33-19-32-28)34-11-13-35(14-12-34)30(38)25(21-3-5-22(31)6-4-21)18-36(15-16-43(39,40)41)23-7-9-24(42-2)10-8-23/h3-6,19-20,23-26,37H,7-18H2,1-2H3,(H,39,40,41)/t20-,23?,24?,25-,26-/m1/s1. The lowest BCUT2D eigenvalue weighted by Gasteiger charge is -2.41. The second-order valence-corrected chi connectivity index (χ2v) is 14.0. The minimum absolute atomic E-state index is 0.0267. The molecular weight excluding hydrogens is 594 g/mol. The van der Waals surface area contributed by atoms with Gasteiger partial charge in [0, 0.05) is 63.0 Å². The lowest BCUT2D eigenvalue weighted by atomic mass is 9.90. The average Bonchev–Trinajstić information content (AvgIpc) is 3.30. The van der Waals surface area contributed by atoms with Gasteiger partial charge in [0.1, 0.15) is 12.1 Å². The summed E-state index contributed by atoms with van der Waals surface area (Å²) in [6.45, 7) is 4.74. The fourth-order valence-corrected chi connectivity index (χ4v) is 7.46. The average molecular weight is 636 g/mol. The predicted molar refractivity (Wildman–Crippen MR) is 164 cm³/mol. The number of carbonyl (C=O) groups is 1. The zero-order chi connectivity index (χ0) is 30.7. The zero-order valence-corrected chi connectivity index (χ0v) is 26.4. The molecule has 0 spiro atoms. The van der Waals surface area contributed by atoms with Gasteiger partial charge in [0.2, 0.25) is 5.91 Å². The van der Waals surface area contributed by atoms with E-state index in [2.05, 4.69) is 26.7 Å². The summed E-state index contributed by atoms with van der Waals surface area (Å²) in [7, 11) is -2.47. The van der Waals surface area contributed by atoms with Gasteiger partial charge in [0.25, 0.3) is 10.1 Å². The van der Waals surface area contributed by atoms with Gasteiger partial charge < -0.3 is 19.6 Å². The molecule has 0 radical (unpaired) electrons. The van der Waals surface area contributed by atoms with Gasteiger partial charge in [-0.3, -0.25) is 14.2 Å². The molecule has 2 heterocycles. The van der Waals surface area contributed by atoms with Gasteiger partial charge in [0.15, 0.2) is 0 Å². The maximum Gasteiger partial charge on any atom is 0.266 e. The van der Waals surface area contributed by atoms with Crippen molar-refractivity contribution < 1.29 is 27.6 Å². The van der Waals surface area contributed by atoms with Crippen LogP contribution >= 0.6 is 11.6 Å². The monoisotopic (exact) mass is 635 g/mol. The molecule has 13 heteroatoms. The van der Waals surface area contributed by atoms with Crippen molar-refractivity contribution in [2.45, 2.75) is 69.1 Å². The van der Waals surface area contributed by atoms with E-state index in [1.807, 2.05) is 17.0 Å². The van der Waals surface area contributed by atoms with Crippen LogP contribution in [0.3, 0.4) is 0 Å². The molecule has 0 bridgehead atoms. The molecule has 1 amide bonds. The Balaban J connectivity index is 1.34. The second-order valence-electron chi connectivity index (χ2n) is 12.0. The summed E-state index contributed by atoms with van der Waals surface area (Å²) in [6, 6.07) is 7.34. The number of carbonyl (C=O) groups excluding carboxylic acids is 1. The Morgan fingerprint density at radius 2 is 1.79 bits per heavy atom. The van der Waals surface area contributed by atoms with Gasteiger partial charge in [-0.25, -0.2) is 9.97 Å². The number of aliphatic hydroxyl groups is 1. The largest absolute Gasteiger partial charge is 0.387 e. The first-order valence-electron chi connectivity index (χ1n) is 15.1. The number of nitrogens with zero attached hydrogens (tertiary/aromatic N) is 5. The number of ether oxygens (including phenoxy) is 1. The third-order valence-electron chi connectivity index (χ3n) is 9.29. The van der Waals surface area contributed by atoms with Crippen molar-refractivity contribution in [3.63, 3.8) is 0 Å². The Morgan fingerprint density at radius 1 is 1.12 bits per heavy atom. The Hall–Kier alpha value is -2.35. The molecule has 1 saturated heterocycles. The number of rotatable bonds is 10. The molecule has 3 atom stereocenters. The first kappa shape index (κ1) is 32.1. The molecule has 236 valence electrons. The number of amides is 1. The Morgan fingerprint density at radius 3 is 2.42 bits per heavy atom. The fourth-order valence-electron chi connectivity index (χ4n) is 6.87. The van der Waals surface area contributed by atoms with E-state index in [9.17, 15) is 22.9 Å². The van der Waals surface area contributed by atoms with Gasteiger partial charge in [-0.2, -0.15) is 8.42 Å². The molecule has 11 nitrogen and oxygen atoms in total. The van der Waals surface area contributed by atoms with Crippen LogP contribution in [-0.4, -0.2) is 108 Å². The third kappa shape index (κ3) is 7.66. The highest BCUT2D eigenvalue weighted by atomic mass is 35.5. The summed E-state index contributed by atoms with van der Waals surface area (Å²) in [5.41, 5.74) is 2.51. The zero-order valence-electron chi connectivity index (χ0n) is 24.8. The minimum Gasteiger partial charge on any atom is -0.387 e. The molecule has 2 aliphatic carbocycles. The van der Waals surface area contributed by atoms with E-state index in [-0.39, 0.29) is 30.5 Å². The number of anilines is 1. The van der Waals surface area contributed by atoms with Crippen molar-refractivity contribution >= 4 is 33.4 Å². The van der Waals surface area contributed by atoms with E-state index in [0.29, 0.717) is 49.9 Å². The van der Waals surface area contributed by atoms with Crippen LogP contribution in [-0.2, 0) is 19.6 Å². The van der Waals surface area contributed by atoms with Crippen molar-refractivity contribution in [2.24, 2.45) is 0 Å². The number of hydrogen-bond donors (Lipinski definition) is 2. The van der Waals surface area contributed by atoms with Gasteiger partial charge in [0.05, 0.1) is 29.6 Å². The number of piperazine rings is 1. The molecule has 1 aromatic heterocycles. The lowest BCUT2D eigenvalue weighted by Crippen LogP contribution is -2.52. The van der Waals surface area contributed by atoms with Gasteiger partial charge in [-0.15, -0.1) is 0 Å². The maximum atomic E-state index is 14.2. The first-order valence-corrected chi connectivity index (χ1v) is 17.1. The molecule has 1 aromatic carbocycles. The maximum absolute atomic E-state index is 14.2. The van der Waals surface area contributed by atoms with Crippen LogP contribution in [0.4, 0.5) is 5.82 Å². The Labute approximate surface area is 258 Å². The number of aliphatic hydroxyl groups excluding tert-OH is 1. The SMILES string of the molecule is COC1CCC(N(CCS(=O)(=O)O)C[C@@H](C(=O)N2CCN(c3ncnc4c3[C@H](C)C[C@H]4O)CC2)c2ccc(Cl)cc2)CC1. The first-order chi connectivity index (χ1) is 20.5. The van der Waals surface area contributed by atoms with E-state index in [1.165, 1.54) is 6.33 Å². The predicted octanol–water partition coefficient (Wildman–Crippen LogP) is 3.25. The summed E-state index contributed by atoms with van der Waals surface area (Å²) in [4.78, 5) is 29.2. The van der Waals surface area contributed by atoms with E-state index in [4.69, 9.17) is 16.3 Å². The number of methoxy groups -OCH3 is 1. The van der Waals surface area contributed by atoms with Crippen molar-refractivity contribution in [1.82, 2.24) is 19.8 Å². The summed E-state index contributed by atoms with van der Waals surface area (Å²) >= 11 is 6.19. The number of hydrogen-bond acceptors (Lipinski definition) is 9. The number of halogens is 1. The quantitative estimate of drug-likeness (QED) is 0.374. The smallest absolute Gasteiger partial charge is 0.266 e. The van der Waals surface area contributed by atoms with Crippen LogP contribution in [0.25, 0.3) is 0 Å². The molecule has 2 N–H and O–H groups in total. The normalized spacial score (nSPS) is 25.2. The summed E-state index contributed by atoms with van der Waals surface area (Å²) < 4.78 is 38.6. The number of benzene rings is 1. The van der Waals surface area contributed by atoms with Crippen LogP contribution in [0.15, 0.2) is 30.6 Å². The van der Waals surface area contributed by atoms with Crippen LogP contribution < -0.4 is 4.90 Å². The third-order valence-corrected chi connectivity index (χ3v) is 10.2. The molecule has 1 aliphatic heterocycles. The second kappa shape index (κ2) is 13.7. The van der Waals surface area contributed by atoms with Crippen molar-refractivity contribution in [3.8, 4) is 0 Å². The van der Waals surface area contributed by atoms with Crippen molar-refractivity contribution in [1.29, 1.82) is 0 Å². The van der Waals surface area contributed by atoms with E-state index >= 15 is 0 Å². The summed E-state index contributed by atoms with van der Waals surface area (Å²) in [5, 5.41) is 11.0. The number of aromatic nitrogens is 2. The van der Waals surface area contributed by atoms with Gasteiger partial charge >= 0.3 is 0 Å². The molecule has 43 heavy (non-hydrogen) atoms. The highest BCUT2D eigenvalue weighted by Crippen LogP contribution is 2.43. The Bertz CT molecular complexity index is 1360. The fraction of sp³-hybridized carbons (Fsp3) is 0.633. The molecule has 0 unspecified atom stereocenters. The van der Waals surface area contributed by atoms with E-state index in [1.54, 1.807) is 19.2 Å². The molecule has 2 aromatic rings. The number of fused-ring (bicyclic) bond motifs is 1. The highest BCUT2D eigenvalue weighted by Gasteiger charge is 2.36. The Kier molecular flexibility index (Phi) is 10.2. The van der Waals surface area contributed by atoms with Gasteiger partial charge in [-0.05, 0) is 55.7 Å². The molecular formula is C30H42ClN5O6S. The molecule has 5 rings (SSSR count). The van der Waals surface area contributed by atoms with Crippen LogP contribution in [0.1, 0.15) is 73.8 Å². The van der Waals surface area contributed by atoms with Crippen LogP contribution in [0.5, 0.6) is 0 Å². The summed E-state index contributed by atoms with van der Waals surface area (Å²) in [6.07, 6.45) is 5.08. The van der Waals surface area contributed by atoms with Gasteiger partial charge in [-0.1, -0.05) is 30.7 Å². The molecule has 1 saturated carbocycles. The highest BCUT2D eigenvalue weighted by molar-refractivity contribution is 7.85. The van der Waals surface area contributed by atoms with Crippen LogP contribution in [0, 0.1) is 0 Å².